The minimum Gasteiger partial charge on any atom is -0.450 e. The maximum Gasteiger partial charge on any atom is 0.291 e. The van der Waals surface area contributed by atoms with Crippen molar-refractivity contribution in [2.75, 3.05) is 0 Å². The number of nitro benzene ring substituents is 1. The summed E-state index contributed by atoms with van der Waals surface area (Å²) in [6, 6.07) is 21.5. The number of carbonyl (C=O) groups is 1. The molecule has 1 aliphatic heterocycles. The second-order valence-corrected chi connectivity index (χ2v) is 7.34. The van der Waals surface area contributed by atoms with Gasteiger partial charge in [-0.1, -0.05) is 42.5 Å². The summed E-state index contributed by atoms with van der Waals surface area (Å²) in [7, 11) is 0. The molecule has 152 valence electrons. The van der Waals surface area contributed by atoms with Crippen LogP contribution < -0.4 is 5.43 Å². The van der Waals surface area contributed by atoms with Crippen molar-refractivity contribution < 1.29 is 14.1 Å². The molecule has 0 bridgehead atoms. The lowest BCUT2D eigenvalue weighted by atomic mass is 9.98. The monoisotopic (exact) mass is 412 g/mol. The molecule has 4 aromatic rings. The molecule has 1 aromatic heterocycles. The van der Waals surface area contributed by atoms with E-state index in [1.165, 1.54) is 12.1 Å². The second kappa shape index (κ2) is 7.21. The number of non-ortho nitro benzene ring substituents is 1. The molecule has 0 fully saturated rings. The van der Waals surface area contributed by atoms with Gasteiger partial charge in [-0.2, -0.15) is 0 Å². The van der Waals surface area contributed by atoms with Crippen molar-refractivity contribution in [2.24, 2.45) is 0 Å². The summed E-state index contributed by atoms with van der Waals surface area (Å²) in [5.74, 6) is -0.368. The zero-order chi connectivity index (χ0) is 21.5. The highest BCUT2D eigenvalue weighted by atomic mass is 16.6. The minimum atomic E-state index is -0.704. The topological polar surface area (TPSA) is 93.7 Å². The summed E-state index contributed by atoms with van der Waals surface area (Å²) in [6.07, 6.45) is 0. The first-order valence-electron chi connectivity index (χ1n) is 9.69. The van der Waals surface area contributed by atoms with Gasteiger partial charge >= 0.3 is 0 Å². The first-order chi connectivity index (χ1) is 15.0. The standard InChI is InChI=1S/C24H16N2O5/c27-22-18-8-4-5-9-19(18)31-23-20(22)21(16-10-12-17(13-11-16)26(29)30)25(24(23)28)14-15-6-2-1-3-7-15/h1-13,21H,14H2. The summed E-state index contributed by atoms with van der Waals surface area (Å²) in [5, 5.41) is 11.5. The van der Waals surface area contributed by atoms with Crippen LogP contribution in [0.15, 0.2) is 88.1 Å². The van der Waals surface area contributed by atoms with Gasteiger partial charge in [-0.05, 0) is 35.4 Å². The molecule has 7 heteroatoms. The van der Waals surface area contributed by atoms with Gasteiger partial charge in [0.15, 0.2) is 5.43 Å². The van der Waals surface area contributed by atoms with Gasteiger partial charge in [0.1, 0.15) is 5.58 Å². The average molecular weight is 412 g/mol. The Kier molecular flexibility index (Phi) is 4.36. The van der Waals surface area contributed by atoms with E-state index in [1.807, 2.05) is 30.3 Å². The van der Waals surface area contributed by atoms with E-state index in [4.69, 9.17) is 4.42 Å². The quantitative estimate of drug-likeness (QED) is 0.365. The smallest absolute Gasteiger partial charge is 0.291 e. The van der Waals surface area contributed by atoms with Gasteiger partial charge < -0.3 is 9.32 Å². The van der Waals surface area contributed by atoms with Crippen molar-refractivity contribution in [3.8, 4) is 0 Å². The van der Waals surface area contributed by atoms with E-state index >= 15 is 0 Å². The Hall–Kier alpha value is -4.26. The normalized spacial score (nSPS) is 15.3. The number of nitrogens with zero attached hydrogens (tertiary/aromatic N) is 2. The molecule has 0 N–H and O–H groups in total. The average Bonchev–Trinajstić information content (AvgIpc) is 3.06. The summed E-state index contributed by atoms with van der Waals surface area (Å²) in [6.45, 7) is 0.265. The lowest BCUT2D eigenvalue weighted by Crippen LogP contribution is -2.29. The van der Waals surface area contributed by atoms with Gasteiger partial charge in [-0.15, -0.1) is 0 Å². The van der Waals surface area contributed by atoms with Crippen LogP contribution in [0.2, 0.25) is 0 Å². The van der Waals surface area contributed by atoms with Gasteiger partial charge in [0.25, 0.3) is 11.6 Å². The lowest BCUT2D eigenvalue weighted by Gasteiger charge is -2.25. The molecule has 0 spiro atoms. The highest BCUT2D eigenvalue weighted by Gasteiger charge is 2.42. The fraction of sp³-hybridized carbons (Fsp3) is 0.0833. The van der Waals surface area contributed by atoms with E-state index < -0.39 is 11.0 Å². The van der Waals surface area contributed by atoms with E-state index in [9.17, 15) is 19.7 Å². The van der Waals surface area contributed by atoms with Crippen LogP contribution >= 0.6 is 0 Å². The van der Waals surface area contributed by atoms with Crippen LogP contribution in [0.4, 0.5) is 5.69 Å². The number of para-hydroxylation sites is 1. The molecule has 3 aromatic carbocycles. The number of fused-ring (bicyclic) bond motifs is 2. The molecular weight excluding hydrogens is 396 g/mol. The Morgan fingerprint density at radius 1 is 0.903 bits per heavy atom. The third-order valence-corrected chi connectivity index (χ3v) is 5.49. The Bertz CT molecular complexity index is 1380. The molecular formula is C24H16N2O5. The van der Waals surface area contributed by atoms with Crippen molar-refractivity contribution in [3.63, 3.8) is 0 Å². The van der Waals surface area contributed by atoms with Gasteiger partial charge in [-0.25, -0.2) is 0 Å². The van der Waals surface area contributed by atoms with Crippen molar-refractivity contribution >= 4 is 22.6 Å². The molecule has 2 heterocycles. The maximum atomic E-state index is 13.4. The number of hydrogen-bond acceptors (Lipinski definition) is 5. The minimum absolute atomic E-state index is 0.0167. The molecule has 7 nitrogen and oxygen atoms in total. The second-order valence-electron chi connectivity index (χ2n) is 7.34. The van der Waals surface area contributed by atoms with Gasteiger partial charge in [0.05, 0.1) is 21.9 Å². The fourth-order valence-electron chi connectivity index (χ4n) is 4.04. The zero-order valence-corrected chi connectivity index (χ0v) is 16.2. The Morgan fingerprint density at radius 2 is 1.58 bits per heavy atom. The molecule has 0 saturated carbocycles. The van der Waals surface area contributed by atoms with E-state index in [0.29, 0.717) is 16.5 Å². The summed E-state index contributed by atoms with van der Waals surface area (Å²) < 4.78 is 5.88. The summed E-state index contributed by atoms with van der Waals surface area (Å²) in [5.41, 5.74) is 1.78. The highest BCUT2D eigenvalue weighted by Crippen LogP contribution is 2.39. The molecule has 1 atom stereocenters. The van der Waals surface area contributed by atoms with Crippen LogP contribution in [-0.4, -0.2) is 15.7 Å². The summed E-state index contributed by atoms with van der Waals surface area (Å²) in [4.78, 5) is 38.9. The predicted molar refractivity (Wildman–Crippen MR) is 114 cm³/mol. The lowest BCUT2D eigenvalue weighted by molar-refractivity contribution is -0.384. The van der Waals surface area contributed by atoms with Crippen LogP contribution in [0, 0.1) is 10.1 Å². The molecule has 31 heavy (non-hydrogen) atoms. The van der Waals surface area contributed by atoms with Crippen molar-refractivity contribution in [2.45, 2.75) is 12.6 Å². The zero-order valence-electron chi connectivity index (χ0n) is 16.2. The molecule has 1 unspecified atom stereocenters. The van der Waals surface area contributed by atoms with Gasteiger partial charge in [0.2, 0.25) is 5.76 Å². The predicted octanol–water partition coefficient (Wildman–Crippen LogP) is 4.45. The number of amides is 1. The van der Waals surface area contributed by atoms with E-state index in [1.54, 1.807) is 41.3 Å². The first kappa shape index (κ1) is 18.7. The molecule has 0 radical (unpaired) electrons. The number of hydrogen-bond donors (Lipinski definition) is 0. The van der Waals surface area contributed by atoms with E-state index in [-0.39, 0.29) is 34.9 Å². The molecule has 1 amide bonds. The van der Waals surface area contributed by atoms with Crippen LogP contribution in [0.25, 0.3) is 11.0 Å². The van der Waals surface area contributed by atoms with Crippen LogP contribution in [-0.2, 0) is 6.54 Å². The SMILES string of the molecule is O=C1c2oc3ccccc3c(=O)c2C(c2ccc([N+](=O)[O-])cc2)N1Cc1ccccc1. The molecule has 1 aliphatic rings. The van der Waals surface area contributed by atoms with Gasteiger partial charge in [-0.3, -0.25) is 19.7 Å². The third-order valence-electron chi connectivity index (χ3n) is 5.49. The largest absolute Gasteiger partial charge is 0.450 e. The fourth-order valence-corrected chi connectivity index (χ4v) is 4.04. The molecule has 5 rings (SSSR count). The van der Waals surface area contributed by atoms with E-state index in [2.05, 4.69) is 0 Å². The Balaban J connectivity index is 1.71. The van der Waals surface area contributed by atoms with Crippen molar-refractivity contribution in [3.05, 3.63) is 122 Å². The summed E-state index contributed by atoms with van der Waals surface area (Å²) >= 11 is 0. The van der Waals surface area contributed by atoms with Crippen LogP contribution in [0.3, 0.4) is 0 Å². The molecule has 0 aliphatic carbocycles. The van der Waals surface area contributed by atoms with E-state index in [0.717, 1.165) is 5.56 Å². The first-order valence-corrected chi connectivity index (χ1v) is 9.69. The highest BCUT2D eigenvalue weighted by molar-refractivity contribution is 5.99. The van der Waals surface area contributed by atoms with Crippen molar-refractivity contribution in [1.29, 1.82) is 0 Å². The van der Waals surface area contributed by atoms with Gasteiger partial charge in [0, 0.05) is 18.7 Å². The molecule has 0 saturated heterocycles. The maximum absolute atomic E-state index is 13.4. The van der Waals surface area contributed by atoms with Crippen molar-refractivity contribution in [1.82, 2.24) is 4.90 Å². The number of carbonyl (C=O) groups excluding carboxylic acids is 1. The van der Waals surface area contributed by atoms with Crippen LogP contribution in [0.5, 0.6) is 0 Å². The number of benzene rings is 3. The van der Waals surface area contributed by atoms with Crippen LogP contribution in [0.1, 0.15) is 33.3 Å². The third kappa shape index (κ3) is 3.07. The number of nitro groups is 1. The Morgan fingerprint density at radius 3 is 2.29 bits per heavy atom. The number of rotatable bonds is 4. The Labute approximate surface area is 176 Å².